The SMILES string of the molecule is N#Cc1ccc(COc2cccc(Oc3cc(F)c(CC(=O)Nc4c(F)cc(C(=O)O)cc4NC[C@@H]4CCO4)cc3F)n2)c(F)c1. The molecular weight excluding hydrogens is 612 g/mol. The van der Waals surface area contributed by atoms with Crippen molar-refractivity contribution < 1.29 is 46.5 Å². The van der Waals surface area contributed by atoms with Crippen LogP contribution in [-0.4, -0.2) is 41.2 Å². The number of nitrogens with one attached hydrogen (secondary N) is 2. The van der Waals surface area contributed by atoms with Gasteiger partial charge in [-0.25, -0.2) is 22.4 Å². The first-order chi connectivity index (χ1) is 22.1. The van der Waals surface area contributed by atoms with Gasteiger partial charge >= 0.3 is 5.97 Å². The maximum absolute atomic E-state index is 15.0. The molecule has 1 amide bonds. The number of hydrogen-bond donors (Lipinski definition) is 3. The molecule has 1 fully saturated rings. The summed E-state index contributed by atoms with van der Waals surface area (Å²) in [4.78, 5) is 28.2. The first-order valence-electron chi connectivity index (χ1n) is 13.8. The molecule has 1 aliphatic rings. The van der Waals surface area contributed by atoms with E-state index < -0.39 is 47.3 Å². The molecular formula is C32H24F4N4O6. The predicted molar refractivity (Wildman–Crippen MR) is 155 cm³/mol. The van der Waals surface area contributed by atoms with Crippen LogP contribution in [0.4, 0.5) is 28.9 Å². The van der Waals surface area contributed by atoms with E-state index in [0.717, 1.165) is 30.7 Å². The first-order valence-corrected chi connectivity index (χ1v) is 13.8. The van der Waals surface area contributed by atoms with Gasteiger partial charge in [0.1, 0.15) is 29.7 Å². The molecule has 1 aliphatic heterocycles. The van der Waals surface area contributed by atoms with E-state index in [1.54, 1.807) is 0 Å². The van der Waals surface area contributed by atoms with Crippen LogP contribution < -0.4 is 20.1 Å². The lowest BCUT2D eigenvalue weighted by Crippen LogP contribution is -2.33. The fourth-order valence-corrected chi connectivity index (χ4v) is 4.34. The molecule has 1 aromatic heterocycles. The quantitative estimate of drug-likeness (QED) is 0.161. The summed E-state index contributed by atoms with van der Waals surface area (Å²) in [5, 5.41) is 23.3. The van der Waals surface area contributed by atoms with E-state index in [0.29, 0.717) is 12.7 Å². The fourth-order valence-electron chi connectivity index (χ4n) is 4.34. The van der Waals surface area contributed by atoms with Gasteiger partial charge in [-0.3, -0.25) is 4.79 Å². The topological polar surface area (TPSA) is 143 Å². The van der Waals surface area contributed by atoms with Gasteiger partial charge < -0.3 is 30.0 Å². The van der Waals surface area contributed by atoms with Gasteiger partial charge in [0.05, 0.1) is 35.4 Å². The monoisotopic (exact) mass is 636 g/mol. The number of carbonyl (C=O) groups is 2. The highest BCUT2D eigenvalue weighted by molar-refractivity contribution is 5.98. The Labute approximate surface area is 259 Å². The van der Waals surface area contributed by atoms with Crippen molar-refractivity contribution in [1.29, 1.82) is 5.26 Å². The normalized spacial score (nSPS) is 13.7. The lowest BCUT2D eigenvalue weighted by Gasteiger charge is -2.27. The second-order valence-corrected chi connectivity index (χ2v) is 10.1. The van der Waals surface area contributed by atoms with Crippen LogP contribution in [0.3, 0.4) is 0 Å². The van der Waals surface area contributed by atoms with Crippen LogP contribution in [0.25, 0.3) is 0 Å². The van der Waals surface area contributed by atoms with Gasteiger partial charge in [0, 0.05) is 42.5 Å². The first kappa shape index (κ1) is 31.7. The number of carboxylic acids is 1. The molecule has 0 saturated carbocycles. The summed E-state index contributed by atoms with van der Waals surface area (Å²) in [5.41, 5.74) is -0.785. The Morgan fingerprint density at radius 3 is 2.43 bits per heavy atom. The molecule has 0 bridgehead atoms. The van der Waals surface area contributed by atoms with E-state index in [4.69, 9.17) is 19.5 Å². The molecule has 1 atom stereocenters. The van der Waals surface area contributed by atoms with E-state index in [9.17, 15) is 32.3 Å². The number of amides is 1. The Hall–Kier alpha value is -5.68. The van der Waals surface area contributed by atoms with E-state index in [1.807, 2.05) is 6.07 Å². The molecule has 46 heavy (non-hydrogen) atoms. The average molecular weight is 637 g/mol. The van der Waals surface area contributed by atoms with Gasteiger partial charge in [0.2, 0.25) is 17.7 Å². The van der Waals surface area contributed by atoms with Crippen LogP contribution in [-0.2, 0) is 22.6 Å². The largest absolute Gasteiger partial charge is 0.478 e. The second kappa shape index (κ2) is 14.0. The maximum Gasteiger partial charge on any atom is 0.335 e. The lowest BCUT2D eigenvalue weighted by atomic mass is 10.1. The number of benzene rings is 3. The predicted octanol–water partition coefficient (Wildman–Crippen LogP) is 5.96. The molecule has 0 aliphatic carbocycles. The van der Waals surface area contributed by atoms with Gasteiger partial charge in [-0.2, -0.15) is 10.2 Å². The number of carbonyl (C=O) groups excluding carboxylic acids is 1. The molecule has 4 aromatic rings. The Bertz CT molecular complexity index is 1840. The Kier molecular flexibility index (Phi) is 9.63. The van der Waals surface area contributed by atoms with Gasteiger partial charge in [-0.15, -0.1) is 0 Å². The number of ether oxygens (including phenoxy) is 3. The number of anilines is 2. The highest BCUT2D eigenvalue weighted by Gasteiger charge is 2.22. The third-order valence-electron chi connectivity index (χ3n) is 6.84. The number of aromatic nitrogens is 1. The number of hydrogen-bond acceptors (Lipinski definition) is 8. The van der Waals surface area contributed by atoms with Crippen LogP contribution in [0.1, 0.15) is 33.5 Å². The molecule has 0 radical (unpaired) electrons. The summed E-state index contributed by atoms with van der Waals surface area (Å²) in [7, 11) is 0. The minimum Gasteiger partial charge on any atom is -0.478 e. The van der Waals surface area contributed by atoms with Crippen LogP contribution in [0.2, 0.25) is 0 Å². The van der Waals surface area contributed by atoms with Crippen molar-refractivity contribution in [3.63, 3.8) is 0 Å². The van der Waals surface area contributed by atoms with Crippen molar-refractivity contribution >= 4 is 23.3 Å². The van der Waals surface area contributed by atoms with Crippen molar-refractivity contribution in [3.05, 3.63) is 106 Å². The minimum atomic E-state index is -1.38. The standard InChI is InChI=1S/C32H24F4N4O6/c33-22-8-17(14-37)4-5-18(22)16-45-29-2-1-3-30(40-29)46-27-13-23(34)19(9-24(27)35)12-28(41)39-31-25(36)10-20(32(42)43)11-26(31)38-15-21-6-7-44-21/h1-5,8-11,13,21,38H,6-7,12,15-16H2,(H,39,41)(H,42,43)/t21-/m0/s1. The van der Waals surface area contributed by atoms with Crippen LogP contribution in [0, 0.1) is 34.6 Å². The number of nitrogens with zero attached hydrogens (tertiary/aromatic N) is 2. The summed E-state index contributed by atoms with van der Waals surface area (Å²) in [6.07, 6.45) is -0.111. The summed E-state index contributed by atoms with van der Waals surface area (Å²) >= 11 is 0. The summed E-state index contributed by atoms with van der Waals surface area (Å²) in [5.74, 6) is -6.73. The number of carboxylic acid groups (broad SMARTS) is 1. The average Bonchev–Trinajstić information content (AvgIpc) is 2.99. The van der Waals surface area contributed by atoms with Crippen molar-refractivity contribution in [2.24, 2.45) is 0 Å². The van der Waals surface area contributed by atoms with Gasteiger partial charge in [0.15, 0.2) is 11.6 Å². The van der Waals surface area contributed by atoms with E-state index >= 15 is 0 Å². The molecule has 10 nitrogen and oxygen atoms in total. The molecule has 3 aromatic carbocycles. The molecule has 1 saturated heterocycles. The smallest absolute Gasteiger partial charge is 0.335 e. The highest BCUT2D eigenvalue weighted by Crippen LogP contribution is 2.30. The molecule has 5 rings (SSSR count). The molecule has 14 heteroatoms. The second-order valence-electron chi connectivity index (χ2n) is 10.1. The molecule has 3 N–H and O–H groups in total. The van der Waals surface area contributed by atoms with Gasteiger partial charge in [0.25, 0.3) is 0 Å². The zero-order valence-electron chi connectivity index (χ0n) is 23.8. The summed E-state index contributed by atoms with van der Waals surface area (Å²) < 4.78 is 75.1. The third kappa shape index (κ3) is 7.69. The third-order valence-corrected chi connectivity index (χ3v) is 6.84. The minimum absolute atomic E-state index is 0.00637. The van der Waals surface area contributed by atoms with Gasteiger partial charge in [-0.05, 0) is 36.8 Å². The molecule has 2 heterocycles. The van der Waals surface area contributed by atoms with Crippen LogP contribution in [0.5, 0.6) is 17.5 Å². The van der Waals surface area contributed by atoms with Crippen molar-refractivity contribution in [2.45, 2.75) is 25.6 Å². The van der Waals surface area contributed by atoms with Crippen LogP contribution >= 0.6 is 0 Å². The van der Waals surface area contributed by atoms with Crippen molar-refractivity contribution in [3.8, 4) is 23.6 Å². The Morgan fingerprint density at radius 2 is 1.74 bits per heavy atom. The molecule has 0 spiro atoms. The number of rotatable bonds is 12. The molecule has 236 valence electrons. The van der Waals surface area contributed by atoms with E-state index in [2.05, 4.69) is 15.6 Å². The zero-order chi connectivity index (χ0) is 32.8. The van der Waals surface area contributed by atoms with E-state index in [1.165, 1.54) is 30.3 Å². The van der Waals surface area contributed by atoms with Crippen molar-refractivity contribution in [2.75, 3.05) is 23.8 Å². The van der Waals surface area contributed by atoms with Gasteiger partial charge in [-0.1, -0.05) is 12.1 Å². The Balaban J connectivity index is 1.25. The van der Waals surface area contributed by atoms with Crippen LogP contribution in [0.15, 0.2) is 60.7 Å². The number of aromatic carboxylic acids is 1. The van der Waals surface area contributed by atoms with E-state index in [-0.39, 0.29) is 64.6 Å². The number of nitriles is 1. The number of halogens is 4. The van der Waals surface area contributed by atoms with Crippen molar-refractivity contribution in [1.82, 2.24) is 4.98 Å². The Morgan fingerprint density at radius 1 is 0.978 bits per heavy atom. The summed E-state index contributed by atoms with van der Waals surface area (Å²) in [6.45, 7) is 0.562. The zero-order valence-corrected chi connectivity index (χ0v) is 23.8. The molecule has 0 unspecified atom stereocenters. The number of pyridine rings is 1. The fraction of sp³-hybridized carbons (Fsp3) is 0.188. The highest BCUT2D eigenvalue weighted by atomic mass is 19.1. The lowest BCUT2D eigenvalue weighted by molar-refractivity contribution is -0.115. The maximum atomic E-state index is 15.0. The summed E-state index contributed by atoms with van der Waals surface area (Å²) in [6, 6.07) is 13.3.